The molecule has 480 valence electrons. The van der Waals surface area contributed by atoms with Crippen LogP contribution in [-0.4, -0.2) is 26.4 Å². The first-order valence-corrected chi connectivity index (χ1v) is 36.3. The molecule has 0 heterocycles. The summed E-state index contributed by atoms with van der Waals surface area (Å²) in [4.78, 5) is 0. The van der Waals surface area contributed by atoms with Crippen molar-refractivity contribution in [1.29, 1.82) is 10.5 Å². The van der Waals surface area contributed by atoms with E-state index in [0.717, 1.165) is 59.8 Å². The highest BCUT2D eigenvalue weighted by Gasteiger charge is 2.18. The summed E-state index contributed by atoms with van der Waals surface area (Å²) < 4.78 is 25.8. The van der Waals surface area contributed by atoms with Gasteiger partial charge in [-0.25, -0.2) is 0 Å². The minimum atomic E-state index is -0.304. The number of nitrogens with one attached hydrogen (secondary N) is 2. The maximum Gasteiger partial charge on any atom is 0.148 e. The van der Waals surface area contributed by atoms with Gasteiger partial charge in [0.2, 0.25) is 0 Å². The number of ether oxygens (including phenoxy) is 4. The fraction of sp³-hybridized carbons (Fsp3) is 0.789. The summed E-state index contributed by atoms with van der Waals surface area (Å²) >= 11 is 0. The Labute approximate surface area is 519 Å². The van der Waals surface area contributed by atoms with E-state index in [-0.39, 0.29) is 23.5 Å². The predicted molar refractivity (Wildman–Crippen MR) is 361 cm³/mol. The second kappa shape index (κ2) is 56.7. The van der Waals surface area contributed by atoms with Crippen LogP contribution in [0, 0.1) is 22.7 Å². The van der Waals surface area contributed by atoms with Gasteiger partial charge >= 0.3 is 0 Å². The van der Waals surface area contributed by atoms with Crippen LogP contribution in [0.1, 0.15) is 373 Å². The predicted octanol–water partition coefficient (Wildman–Crippen LogP) is 24.3. The van der Waals surface area contributed by atoms with Crippen LogP contribution in [0.4, 0.5) is 0 Å². The Morgan fingerprint density at radius 1 is 0.286 bits per heavy atom. The lowest BCUT2D eigenvalue weighted by molar-refractivity contribution is 0.288. The number of rotatable bonds is 62. The molecule has 0 aliphatic carbocycles. The number of hydrogen-bond donors (Lipinski definition) is 2. The zero-order valence-corrected chi connectivity index (χ0v) is 55.9. The van der Waals surface area contributed by atoms with Gasteiger partial charge in [-0.3, -0.25) is 0 Å². The standard InChI is InChI=1S/C76H132N4O4/c1-7-11-15-19-23-27-31-35-39-43-47-51-55-81-71-59-69(60-72(63-71)82-56-52-48-44-40-36-32-28-24-20-16-12-8-2)67(5)79-75(65-77)76(66-78)80-68(6)70-61-73(83-57-53-49-45-41-37-33-29-25-21-17-13-9-3)64-74(62-70)84-58-54-50-46-42-38-34-30-26-22-18-14-10-4/h59-64,67-68,79-80H,7-58H2,1-6H3/b76-75-. The van der Waals surface area contributed by atoms with E-state index in [1.807, 2.05) is 26.0 Å². The third kappa shape index (κ3) is 42.7. The van der Waals surface area contributed by atoms with Gasteiger partial charge in [-0.2, -0.15) is 10.5 Å². The lowest BCUT2D eigenvalue weighted by atomic mass is 10.1. The van der Waals surface area contributed by atoms with Crippen LogP contribution in [0.3, 0.4) is 0 Å². The molecule has 2 atom stereocenters. The Morgan fingerprint density at radius 2 is 0.452 bits per heavy atom. The summed E-state index contributed by atoms with van der Waals surface area (Å²) in [6.07, 6.45) is 62.6. The average molecular weight is 1170 g/mol. The number of nitrogens with zero attached hydrogens (tertiary/aromatic N) is 2. The molecule has 8 nitrogen and oxygen atoms in total. The van der Waals surface area contributed by atoms with Gasteiger partial charge in [-0.15, -0.1) is 0 Å². The Kier molecular flexibility index (Phi) is 51.4. The van der Waals surface area contributed by atoms with E-state index < -0.39 is 0 Å². The molecule has 8 heteroatoms. The van der Waals surface area contributed by atoms with Crippen LogP contribution < -0.4 is 29.6 Å². The summed E-state index contributed by atoms with van der Waals surface area (Å²) in [5.41, 5.74) is 2.28. The first kappa shape index (κ1) is 76.1. The van der Waals surface area contributed by atoms with Crippen molar-refractivity contribution in [2.45, 2.75) is 362 Å². The maximum atomic E-state index is 10.6. The Bertz CT molecular complexity index is 1690. The first-order valence-electron chi connectivity index (χ1n) is 36.3. The third-order valence-electron chi connectivity index (χ3n) is 17.1. The van der Waals surface area contributed by atoms with E-state index in [1.54, 1.807) is 0 Å². The van der Waals surface area contributed by atoms with E-state index in [1.165, 1.54) is 283 Å². The molecule has 2 unspecified atom stereocenters. The summed E-state index contributed by atoms with van der Waals surface area (Å²) in [6.45, 7) is 15.8. The monoisotopic (exact) mass is 1170 g/mol. The van der Waals surface area contributed by atoms with Crippen molar-refractivity contribution in [3.05, 3.63) is 58.9 Å². The second-order valence-corrected chi connectivity index (χ2v) is 25.1. The fourth-order valence-electron chi connectivity index (χ4n) is 11.5. The molecular weight excluding hydrogens is 1030 g/mol. The Balaban J connectivity index is 2.11. The Morgan fingerprint density at radius 3 is 0.619 bits per heavy atom. The number of benzene rings is 2. The molecule has 0 aliphatic rings. The second-order valence-electron chi connectivity index (χ2n) is 25.1. The summed E-state index contributed by atoms with van der Waals surface area (Å²) in [7, 11) is 0. The van der Waals surface area contributed by atoms with E-state index in [2.05, 4.69) is 74.7 Å². The SMILES string of the molecule is CCCCCCCCCCCCCCOc1cc(OCCCCCCCCCCCCCC)cc(C(C)N/C(C#N)=C(/C#N)NC(C)c2cc(OCCCCCCCCCCCCCC)cc(OCCCCCCCCCCCCCC)c2)c1. The van der Waals surface area contributed by atoms with E-state index >= 15 is 0 Å². The molecule has 84 heavy (non-hydrogen) atoms. The van der Waals surface area contributed by atoms with E-state index in [4.69, 9.17) is 18.9 Å². The van der Waals surface area contributed by atoms with E-state index in [9.17, 15) is 10.5 Å². The summed E-state index contributed by atoms with van der Waals surface area (Å²) in [5.74, 6) is 3.12. The topological polar surface area (TPSA) is 109 Å². The van der Waals surface area contributed by atoms with Gasteiger partial charge in [-0.05, 0) is 74.9 Å². The lowest BCUT2D eigenvalue weighted by Crippen LogP contribution is -2.25. The largest absolute Gasteiger partial charge is 0.493 e. The van der Waals surface area contributed by atoms with Crippen molar-refractivity contribution < 1.29 is 18.9 Å². The van der Waals surface area contributed by atoms with Gasteiger partial charge in [-0.1, -0.05) is 310 Å². The molecular formula is C76H132N4O4. The highest BCUT2D eigenvalue weighted by atomic mass is 16.5. The molecule has 0 aliphatic heterocycles. The number of hydrogen-bond acceptors (Lipinski definition) is 8. The number of nitriles is 2. The first-order chi connectivity index (χ1) is 41.4. The molecule has 0 bridgehead atoms. The lowest BCUT2D eigenvalue weighted by Gasteiger charge is -2.21. The van der Waals surface area contributed by atoms with Gasteiger partial charge in [0.25, 0.3) is 0 Å². The highest BCUT2D eigenvalue weighted by Crippen LogP contribution is 2.31. The van der Waals surface area contributed by atoms with Crippen molar-refractivity contribution in [3.8, 4) is 35.1 Å². The average Bonchev–Trinajstić information content (AvgIpc) is 3.67. The quantitative estimate of drug-likeness (QED) is 0.0498. The van der Waals surface area contributed by atoms with Gasteiger partial charge < -0.3 is 29.6 Å². The van der Waals surface area contributed by atoms with E-state index in [0.29, 0.717) is 26.4 Å². The highest BCUT2D eigenvalue weighted by molar-refractivity contribution is 5.43. The van der Waals surface area contributed by atoms with Crippen LogP contribution in [0.25, 0.3) is 0 Å². The number of unbranched alkanes of at least 4 members (excludes halogenated alkanes) is 44. The van der Waals surface area contributed by atoms with Crippen LogP contribution >= 0.6 is 0 Å². The minimum absolute atomic E-state index is 0.196. The van der Waals surface area contributed by atoms with Gasteiger partial charge in [0.05, 0.1) is 26.4 Å². The van der Waals surface area contributed by atoms with Crippen LogP contribution in [0.5, 0.6) is 23.0 Å². The molecule has 0 aromatic heterocycles. The normalized spacial score (nSPS) is 12.3. The van der Waals surface area contributed by atoms with Crippen molar-refractivity contribution in [2.24, 2.45) is 0 Å². The number of allylic oxidation sites excluding steroid dienone is 2. The molecule has 2 rings (SSSR count). The maximum absolute atomic E-state index is 10.6. The van der Waals surface area contributed by atoms with Gasteiger partial charge in [0.15, 0.2) is 0 Å². The Hall–Kier alpha value is -4.04. The molecule has 0 radical (unpaired) electrons. The third-order valence-corrected chi connectivity index (χ3v) is 17.1. The molecule has 0 saturated heterocycles. The van der Waals surface area contributed by atoms with Crippen LogP contribution in [-0.2, 0) is 0 Å². The molecule has 0 spiro atoms. The fourth-order valence-corrected chi connectivity index (χ4v) is 11.5. The molecule has 0 amide bonds. The van der Waals surface area contributed by atoms with Crippen LogP contribution in [0.2, 0.25) is 0 Å². The van der Waals surface area contributed by atoms with Gasteiger partial charge in [0, 0.05) is 24.2 Å². The van der Waals surface area contributed by atoms with Crippen molar-refractivity contribution >= 4 is 0 Å². The summed E-state index contributed by atoms with van der Waals surface area (Å²) in [6, 6.07) is 16.3. The molecule has 0 saturated carbocycles. The van der Waals surface area contributed by atoms with Crippen molar-refractivity contribution in [2.75, 3.05) is 26.4 Å². The smallest absolute Gasteiger partial charge is 0.148 e. The van der Waals surface area contributed by atoms with Crippen LogP contribution in [0.15, 0.2) is 47.8 Å². The molecule has 2 N–H and O–H groups in total. The molecule has 2 aromatic rings. The summed E-state index contributed by atoms with van der Waals surface area (Å²) in [5, 5.41) is 28.1. The zero-order chi connectivity index (χ0) is 60.4. The molecule has 2 aromatic carbocycles. The zero-order valence-electron chi connectivity index (χ0n) is 55.9. The molecule has 0 fully saturated rings. The minimum Gasteiger partial charge on any atom is -0.493 e. The van der Waals surface area contributed by atoms with Crippen molar-refractivity contribution in [1.82, 2.24) is 10.6 Å². The van der Waals surface area contributed by atoms with Gasteiger partial charge in [0.1, 0.15) is 46.5 Å². The van der Waals surface area contributed by atoms with Crippen molar-refractivity contribution in [3.63, 3.8) is 0 Å².